The Balaban J connectivity index is 1.83. The summed E-state index contributed by atoms with van der Waals surface area (Å²) in [7, 11) is 3.17. The number of hydrogen-bond acceptors (Lipinski definition) is 5. The molecular weight excluding hydrogens is 399 g/mol. The molecule has 2 aliphatic rings. The van der Waals surface area contributed by atoms with Gasteiger partial charge >= 0.3 is 6.18 Å². The summed E-state index contributed by atoms with van der Waals surface area (Å²) < 4.78 is 50.6. The molecule has 0 aromatic heterocycles. The summed E-state index contributed by atoms with van der Waals surface area (Å²) in [5.74, 6) is 0.113. The third-order valence-corrected chi connectivity index (χ3v) is 6.23. The van der Waals surface area contributed by atoms with Crippen LogP contribution in [0.15, 0.2) is 18.2 Å². The second kappa shape index (κ2) is 8.82. The van der Waals surface area contributed by atoms with Crippen molar-refractivity contribution in [3.63, 3.8) is 0 Å². The second-order valence-corrected chi connectivity index (χ2v) is 8.04. The second-order valence-electron chi connectivity index (χ2n) is 8.04. The molecule has 30 heavy (non-hydrogen) atoms. The maximum atomic E-state index is 13.4. The molecule has 0 N–H and O–H groups in total. The first-order chi connectivity index (χ1) is 14.2. The quantitative estimate of drug-likeness (QED) is 0.701. The molecule has 1 aromatic rings. The number of anilines is 1. The van der Waals surface area contributed by atoms with Crippen LogP contribution in [0.2, 0.25) is 0 Å². The molecule has 3 rings (SSSR count). The zero-order valence-electron chi connectivity index (χ0n) is 17.2. The zero-order valence-corrected chi connectivity index (χ0v) is 17.2. The molecule has 6 nitrogen and oxygen atoms in total. The minimum Gasteiger partial charge on any atom is -0.384 e. The van der Waals surface area contributed by atoms with Crippen LogP contribution in [0.5, 0.6) is 0 Å². The maximum Gasteiger partial charge on any atom is 0.417 e. The summed E-state index contributed by atoms with van der Waals surface area (Å²) in [6.45, 7) is 3.06. The van der Waals surface area contributed by atoms with Crippen LogP contribution >= 0.6 is 0 Å². The Kier molecular flexibility index (Phi) is 6.58. The summed E-state index contributed by atoms with van der Waals surface area (Å²) in [5.41, 5.74) is -1.10. The zero-order chi connectivity index (χ0) is 21.9. The monoisotopic (exact) mass is 425 g/mol. The average molecular weight is 425 g/mol. The average Bonchev–Trinajstić information content (AvgIpc) is 3.09. The minimum atomic E-state index is -4.59. The first-order valence-electron chi connectivity index (χ1n) is 9.86. The Labute approximate surface area is 174 Å². The number of fused-ring (bicyclic) bond motifs is 1. The number of hydrogen-bond donors (Lipinski definition) is 0. The molecule has 2 aliphatic heterocycles. The van der Waals surface area contributed by atoms with E-state index in [2.05, 4.69) is 0 Å². The highest BCUT2D eigenvalue weighted by molar-refractivity contribution is 5.76. The van der Waals surface area contributed by atoms with Crippen molar-refractivity contribution in [3.05, 3.63) is 29.3 Å². The number of piperidine rings is 1. The summed E-state index contributed by atoms with van der Waals surface area (Å²) in [5, 5.41) is 9.03. The highest BCUT2D eigenvalue weighted by Crippen LogP contribution is 2.45. The van der Waals surface area contributed by atoms with E-state index in [1.54, 1.807) is 26.4 Å². The molecule has 2 heterocycles. The standard InChI is InChI=1S/C21H26F3N3O3/c1-29-8-5-19(28)26-7-6-20(14-30-2)13-27(12-16(20)11-26)17-4-3-15(10-25)18(9-17)21(22,23)24/h3-4,9,16H,5-8,11-14H2,1-2H3/t16-,20+/m1/s1. The maximum absolute atomic E-state index is 13.4. The summed E-state index contributed by atoms with van der Waals surface area (Å²) in [6.07, 6.45) is -3.56. The predicted octanol–water partition coefficient (Wildman–Crippen LogP) is 2.91. The van der Waals surface area contributed by atoms with Gasteiger partial charge in [0.15, 0.2) is 0 Å². The van der Waals surface area contributed by atoms with Crippen molar-refractivity contribution in [2.75, 3.05) is 58.5 Å². The fourth-order valence-electron chi connectivity index (χ4n) is 4.64. The fraction of sp³-hybridized carbons (Fsp3) is 0.619. The van der Waals surface area contributed by atoms with Crippen LogP contribution < -0.4 is 4.90 Å². The van der Waals surface area contributed by atoms with Crippen molar-refractivity contribution in [1.82, 2.24) is 4.90 Å². The molecule has 0 bridgehead atoms. The van der Waals surface area contributed by atoms with Crippen LogP contribution in [-0.2, 0) is 20.4 Å². The first kappa shape index (κ1) is 22.4. The van der Waals surface area contributed by atoms with Gasteiger partial charge in [0.05, 0.1) is 36.8 Å². The molecule has 0 aliphatic carbocycles. The molecule has 2 fully saturated rings. The SMILES string of the molecule is COCCC(=O)N1CC[C@@]2(COC)CN(c3ccc(C#N)c(C(F)(F)F)c3)C[C@H]2C1. The molecular formula is C21H26F3N3O3. The molecule has 0 unspecified atom stereocenters. The van der Waals surface area contributed by atoms with E-state index in [4.69, 9.17) is 14.7 Å². The summed E-state index contributed by atoms with van der Waals surface area (Å²) in [6, 6.07) is 5.46. The summed E-state index contributed by atoms with van der Waals surface area (Å²) >= 11 is 0. The van der Waals surface area contributed by atoms with E-state index in [-0.39, 0.29) is 22.8 Å². The minimum absolute atomic E-state index is 0.0269. The molecule has 2 atom stereocenters. The Bertz CT molecular complexity index is 824. The van der Waals surface area contributed by atoms with Crippen molar-refractivity contribution in [2.24, 2.45) is 11.3 Å². The number of carbonyl (C=O) groups excluding carboxylic acids is 1. The van der Waals surface area contributed by atoms with E-state index in [0.717, 1.165) is 12.5 Å². The van der Waals surface area contributed by atoms with Gasteiger partial charge in [-0.15, -0.1) is 0 Å². The van der Waals surface area contributed by atoms with E-state index in [0.29, 0.717) is 51.5 Å². The van der Waals surface area contributed by atoms with E-state index < -0.39 is 11.7 Å². The molecule has 1 amide bonds. The van der Waals surface area contributed by atoms with Crippen LogP contribution in [0.1, 0.15) is 24.0 Å². The van der Waals surface area contributed by atoms with Crippen molar-refractivity contribution < 1.29 is 27.4 Å². The normalized spacial score (nSPS) is 23.9. The number of carbonyl (C=O) groups is 1. The van der Waals surface area contributed by atoms with Gasteiger partial charge in [-0.3, -0.25) is 4.79 Å². The molecule has 9 heteroatoms. The number of likely N-dealkylation sites (tertiary alicyclic amines) is 1. The Morgan fingerprint density at radius 3 is 2.70 bits per heavy atom. The fourth-order valence-corrected chi connectivity index (χ4v) is 4.64. The number of amides is 1. The van der Waals surface area contributed by atoms with Crippen LogP contribution in [0.3, 0.4) is 0 Å². The van der Waals surface area contributed by atoms with Crippen LogP contribution in [0, 0.1) is 22.7 Å². The number of ether oxygens (including phenoxy) is 2. The Morgan fingerprint density at radius 1 is 1.30 bits per heavy atom. The van der Waals surface area contributed by atoms with Crippen LogP contribution in [-0.4, -0.2) is 64.4 Å². The smallest absolute Gasteiger partial charge is 0.384 e. The molecule has 164 valence electrons. The Morgan fingerprint density at radius 2 is 2.07 bits per heavy atom. The van der Waals surface area contributed by atoms with Crippen molar-refractivity contribution >= 4 is 11.6 Å². The molecule has 1 aromatic carbocycles. The van der Waals surface area contributed by atoms with Gasteiger partial charge in [-0.1, -0.05) is 0 Å². The third-order valence-electron chi connectivity index (χ3n) is 6.23. The highest BCUT2D eigenvalue weighted by atomic mass is 19.4. The lowest BCUT2D eigenvalue weighted by atomic mass is 9.73. The third kappa shape index (κ3) is 4.40. The van der Waals surface area contributed by atoms with Gasteiger partial charge in [-0.2, -0.15) is 18.4 Å². The summed E-state index contributed by atoms with van der Waals surface area (Å²) in [4.78, 5) is 16.2. The van der Waals surface area contributed by atoms with E-state index in [9.17, 15) is 18.0 Å². The first-order valence-corrected chi connectivity index (χ1v) is 9.86. The number of alkyl halides is 3. The van der Waals surface area contributed by atoms with Gasteiger partial charge in [0, 0.05) is 57.4 Å². The van der Waals surface area contributed by atoms with Gasteiger partial charge in [-0.25, -0.2) is 0 Å². The lowest BCUT2D eigenvalue weighted by Gasteiger charge is -2.43. The van der Waals surface area contributed by atoms with E-state index in [1.165, 1.54) is 6.07 Å². The van der Waals surface area contributed by atoms with Crippen LogP contribution in [0.25, 0.3) is 0 Å². The van der Waals surface area contributed by atoms with Gasteiger partial charge in [-0.05, 0) is 24.6 Å². The van der Waals surface area contributed by atoms with Crippen molar-refractivity contribution in [2.45, 2.75) is 19.0 Å². The van der Waals surface area contributed by atoms with Gasteiger partial charge in [0.25, 0.3) is 0 Å². The molecule has 2 saturated heterocycles. The van der Waals surface area contributed by atoms with E-state index in [1.807, 2.05) is 9.80 Å². The highest BCUT2D eigenvalue weighted by Gasteiger charge is 2.50. The number of nitriles is 1. The van der Waals surface area contributed by atoms with Gasteiger partial charge in [0.1, 0.15) is 0 Å². The number of methoxy groups -OCH3 is 2. The molecule has 0 saturated carbocycles. The number of halogens is 3. The van der Waals surface area contributed by atoms with Crippen LogP contribution in [0.4, 0.5) is 18.9 Å². The largest absolute Gasteiger partial charge is 0.417 e. The predicted molar refractivity (Wildman–Crippen MR) is 104 cm³/mol. The Hall–Kier alpha value is -2.31. The molecule has 0 radical (unpaired) electrons. The lowest BCUT2D eigenvalue weighted by molar-refractivity contribution is -0.138. The number of nitrogens with zero attached hydrogens (tertiary/aromatic N) is 3. The topological polar surface area (TPSA) is 65.8 Å². The van der Waals surface area contributed by atoms with Crippen molar-refractivity contribution in [3.8, 4) is 6.07 Å². The van der Waals surface area contributed by atoms with E-state index >= 15 is 0 Å². The number of benzene rings is 1. The molecule has 0 spiro atoms. The van der Waals surface area contributed by atoms with Crippen molar-refractivity contribution in [1.29, 1.82) is 5.26 Å². The lowest BCUT2D eigenvalue weighted by Crippen LogP contribution is -2.51. The van der Waals surface area contributed by atoms with Gasteiger partial charge in [0.2, 0.25) is 5.91 Å². The van der Waals surface area contributed by atoms with Gasteiger partial charge < -0.3 is 19.3 Å². The number of rotatable bonds is 6.